The lowest BCUT2D eigenvalue weighted by molar-refractivity contribution is 0.400. The molecule has 114 valence electrons. The number of methoxy groups -OCH3 is 1. The molecule has 2 rings (SSSR count). The molecule has 5 nitrogen and oxygen atoms in total. The van der Waals surface area contributed by atoms with Gasteiger partial charge < -0.3 is 15.0 Å². The second kappa shape index (κ2) is 7.13. The summed E-state index contributed by atoms with van der Waals surface area (Å²) in [5, 5.41) is 7.72. The van der Waals surface area contributed by atoms with Crippen LogP contribution in [-0.4, -0.2) is 35.9 Å². The third-order valence-electron chi connectivity index (χ3n) is 3.26. The van der Waals surface area contributed by atoms with Gasteiger partial charge in [-0.3, -0.25) is 4.68 Å². The van der Waals surface area contributed by atoms with Crippen molar-refractivity contribution in [2.75, 3.05) is 26.5 Å². The summed E-state index contributed by atoms with van der Waals surface area (Å²) in [6, 6.07) is 6.25. The van der Waals surface area contributed by atoms with Crippen molar-refractivity contribution in [2.24, 2.45) is 0 Å². The highest BCUT2D eigenvalue weighted by Crippen LogP contribution is 2.26. The van der Waals surface area contributed by atoms with Crippen molar-refractivity contribution >= 4 is 5.69 Å². The average Bonchev–Trinajstić information content (AvgIpc) is 2.92. The van der Waals surface area contributed by atoms with E-state index in [2.05, 4.69) is 54.7 Å². The number of nitrogens with one attached hydrogen (secondary N) is 1. The highest BCUT2D eigenvalue weighted by atomic mass is 16.5. The number of ether oxygens (including phenoxy) is 1. The van der Waals surface area contributed by atoms with Crippen LogP contribution in [0.5, 0.6) is 5.75 Å². The largest absolute Gasteiger partial charge is 0.495 e. The third kappa shape index (κ3) is 4.23. The Hall–Kier alpha value is -2.01. The van der Waals surface area contributed by atoms with Crippen molar-refractivity contribution in [2.45, 2.75) is 26.6 Å². The van der Waals surface area contributed by atoms with Crippen LogP contribution in [0.4, 0.5) is 5.69 Å². The first-order valence-corrected chi connectivity index (χ1v) is 7.19. The molecule has 0 unspecified atom stereocenters. The molecule has 0 saturated heterocycles. The molecule has 0 saturated carbocycles. The van der Waals surface area contributed by atoms with Gasteiger partial charge in [-0.05, 0) is 38.7 Å². The van der Waals surface area contributed by atoms with Gasteiger partial charge in [0.05, 0.1) is 19.0 Å². The first-order valence-electron chi connectivity index (χ1n) is 7.19. The van der Waals surface area contributed by atoms with Crippen molar-refractivity contribution in [3.05, 3.63) is 41.7 Å². The number of hydrogen-bond donors (Lipinski definition) is 1. The first kappa shape index (κ1) is 15.4. The summed E-state index contributed by atoms with van der Waals surface area (Å²) in [7, 11) is 5.83. The number of nitrogens with zero attached hydrogens (tertiary/aromatic N) is 3. The molecule has 21 heavy (non-hydrogen) atoms. The molecule has 2 aromatic rings. The minimum Gasteiger partial charge on any atom is -0.495 e. The normalized spacial score (nSPS) is 10.9. The van der Waals surface area contributed by atoms with Gasteiger partial charge in [0, 0.05) is 31.4 Å². The Morgan fingerprint density at radius 3 is 2.71 bits per heavy atom. The Kier molecular flexibility index (Phi) is 5.22. The number of benzene rings is 1. The van der Waals surface area contributed by atoms with Gasteiger partial charge in [-0.25, -0.2) is 0 Å². The van der Waals surface area contributed by atoms with Gasteiger partial charge in [-0.1, -0.05) is 6.07 Å². The summed E-state index contributed by atoms with van der Waals surface area (Å²) in [5.41, 5.74) is 3.44. The Balaban J connectivity index is 2.09. The smallest absolute Gasteiger partial charge is 0.141 e. The molecule has 0 spiro atoms. The number of anilines is 1. The highest BCUT2D eigenvalue weighted by Gasteiger charge is 2.06. The number of hydrogen-bond acceptors (Lipinski definition) is 4. The average molecular weight is 288 g/mol. The lowest BCUT2D eigenvalue weighted by Crippen LogP contribution is -2.11. The van der Waals surface area contributed by atoms with Gasteiger partial charge in [-0.2, -0.15) is 5.10 Å². The molecular weight excluding hydrogens is 264 g/mol. The van der Waals surface area contributed by atoms with Gasteiger partial charge in [0.1, 0.15) is 5.75 Å². The van der Waals surface area contributed by atoms with Crippen LogP contribution in [0, 0.1) is 0 Å². The van der Waals surface area contributed by atoms with E-state index in [9.17, 15) is 0 Å². The molecule has 1 heterocycles. The molecule has 5 heteroatoms. The number of rotatable bonds is 7. The number of aromatic nitrogens is 2. The van der Waals surface area contributed by atoms with Crippen molar-refractivity contribution in [1.82, 2.24) is 14.7 Å². The highest BCUT2D eigenvalue weighted by molar-refractivity contribution is 5.58. The Labute approximate surface area is 126 Å². The lowest BCUT2D eigenvalue weighted by atomic mass is 10.1. The van der Waals surface area contributed by atoms with Crippen molar-refractivity contribution in [3.63, 3.8) is 0 Å². The summed E-state index contributed by atoms with van der Waals surface area (Å²) < 4.78 is 7.35. The van der Waals surface area contributed by atoms with Crippen molar-refractivity contribution < 1.29 is 4.74 Å². The van der Waals surface area contributed by atoms with E-state index in [1.165, 1.54) is 5.56 Å². The van der Waals surface area contributed by atoms with Crippen LogP contribution in [0.15, 0.2) is 30.6 Å². The standard InChI is InChI=1S/C16H24N4O/c1-5-20-12-14(10-18-20)9-17-15-8-13(11-19(2)3)6-7-16(15)21-4/h6-8,10,12,17H,5,9,11H2,1-4H3. The maximum atomic E-state index is 5.42. The molecule has 1 N–H and O–H groups in total. The Morgan fingerprint density at radius 1 is 1.29 bits per heavy atom. The Morgan fingerprint density at radius 2 is 2.10 bits per heavy atom. The lowest BCUT2D eigenvalue weighted by Gasteiger charge is -2.14. The number of aryl methyl sites for hydroxylation is 1. The predicted molar refractivity (Wildman–Crippen MR) is 85.6 cm³/mol. The van der Waals surface area contributed by atoms with E-state index >= 15 is 0 Å². The van der Waals surface area contributed by atoms with Crippen LogP contribution in [0.1, 0.15) is 18.1 Å². The monoisotopic (exact) mass is 288 g/mol. The molecule has 0 amide bonds. The Bertz CT molecular complexity index is 577. The second-order valence-electron chi connectivity index (χ2n) is 5.33. The quantitative estimate of drug-likeness (QED) is 0.850. The molecule has 0 aliphatic rings. The fourth-order valence-electron chi connectivity index (χ4n) is 2.22. The maximum absolute atomic E-state index is 5.42. The van der Waals surface area contributed by atoms with E-state index < -0.39 is 0 Å². The van der Waals surface area contributed by atoms with Gasteiger partial charge in [0.2, 0.25) is 0 Å². The van der Waals surface area contributed by atoms with Crippen molar-refractivity contribution in [3.8, 4) is 5.75 Å². The summed E-state index contributed by atoms with van der Waals surface area (Å²) in [6.45, 7) is 4.62. The topological polar surface area (TPSA) is 42.3 Å². The second-order valence-corrected chi connectivity index (χ2v) is 5.33. The summed E-state index contributed by atoms with van der Waals surface area (Å²) in [5.74, 6) is 0.861. The molecule has 0 aliphatic carbocycles. The molecule has 1 aromatic heterocycles. The molecular formula is C16H24N4O. The van der Waals surface area contributed by atoms with Crippen LogP contribution in [0.2, 0.25) is 0 Å². The zero-order valence-electron chi connectivity index (χ0n) is 13.3. The zero-order chi connectivity index (χ0) is 15.2. The van der Waals surface area contributed by atoms with Crippen LogP contribution in [0.3, 0.4) is 0 Å². The maximum Gasteiger partial charge on any atom is 0.141 e. The predicted octanol–water partition coefficient (Wildman–Crippen LogP) is 2.59. The SMILES string of the molecule is CCn1cc(CNc2cc(CN(C)C)ccc2OC)cn1. The molecule has 1 aromatic carbocycles. The summed E-state index contributed by atoms with van der Waals surface area (Å²) in [6.07, 6.45) is 3.95. The third-order valence-corrected chi connectivity index (χ3v) is 3.26. The molecule has 0 radical (unpaired) electrons. The molecule has 0 fully saturated rings. The van der Waals surface area contributed by atoms with E-state index in [1.807, 2.05) is 16.9 Å². The molecule has 0 aliphatic heterocycles. The van der Waals surface area contributed by atoms with E-state index in [1.54, 1.807) is 7.11 Å². The van der Waals surface area contributed by atoms with Crippen LogP contribution in [0.25, 0.3) is 0 Å². The summed E-state index contributed by atoms with van der Waals surface area (Å²) in [4.78, 5) is 2.15. The van der Waals surface area contributed by atoms with Gasteiger partial charge in [0.15, 0.2) is 0 Å². The fraction of sp³-hybridized carbons (Fsp3) is 0.438. The van der Waals surface area contributed by atoms with Crippen LogP contribution in [-0.2, 0) is 19.6 Å². The van der Waals surface area contributed by atoms with E-state index in [0.29, 0.717) is 0 Å². The zero-order valence-corrected chi connectivity index (χ0v) is 13.3. The fourth-order valence-corrected chi connectivity index (χ4v) is 2.22. The minimum atomic E-state index is 0.738. The van der Waals surface area contributed by atoms with Gasteiger partial charge in [-0.15, -0.1) is 0 Å². The molecule has 0 bridgehead atoms. The van der Waals surface area contributed by atoms with E-state index in [4.69, 9.17) is 4.74 Å². The first-order chi connectivity index (χ1) is 10.1. The minimum absolute atomic E-state index is 0.738. The van der Waals surface area contributed by atoms with Crippen LogP contribution >= 0.6 is 0 Å². The van der Waals surface area contributed by atoms with E-state index in [-0.39, 0.29) is 0 Å². The molecule has 0 atom stereocenters. The van der Waals surface area contributed by atoms with Gasteiger partial charge >= 0.3 is 0 Å². The van der Waals surface area contributed by atoms with Crippen LogP contribution < -0.4 is 10.1 Å². The van der Waals surface area contributed by atoms with Crippen molar-refractivity contribution in [1.29, 1.82) is 0 Å². The summed E-state index contributed by atoms with van der Waals surface area (Å²) >= 11 is 0. The van der Waals surface area contributed by atoms with E-state index in [0.717, 1.165) is 36.6 Å². The van der Waals surface area contributed by atoms with Gasteiger partial charge in [0.25, 0.3) is 0 Å².